The highest BCUT2D eigenvalue weighted by Gasteiger charge is 2.34. The molecule has 1 aromatic rings. The second kappa shape index (κ2) is 3.46. The van der Waals surface area contributed by atoms with Crippen molar-refractivity contribution in [2.45, 2.75) is 18.9 Å². The van der Waals surface area contributed by atoms with Gasteiger partial charge in [0.15, 0.2) is 0 Å². The molecule has 15 heavy (non-hydrogen) atoms. The number of pyridine rings is 1. The molecule has 0 radical (unpaired) electrons. The van der Waals surface area contributed by atoms with Crippen LogP contribution >= 0.6 is 0 Å². The van der Waals surface area contributed by atoms with E-state index >= 15 is 0 Å². The first kappa shape index (κ1) is 10.4. The number of ether oxygens (including phenoxy) is 1. The molecule has 1 atom stereocenters. The number of aliphatic hydroxyl groups is 1. The second-order valence-corrected chi connectivity index (χ2v) is 3.26. The average molecular weight is 219 g/mol. The van der Waals surface area contributed by atoms with Gasteiger partial charge in [0.25, 0.3) is 0 Å². The van der Waals surface area contributed by atoms with Gasteiger partial charge in [-0.15, -0.1) is 0 Å². The molecule has 1 unspecified atom stereocenters. The number of hydrogen-bond donors (Lipinski definition) is 1. The predicted molar refractivity (Wildman–Crippen MR) is 43.9 cm³/mol. The molecule has 1 aliphatic heterocycles. The lowest BCUT2D eigenvalue weighted by atomic mass is 10.1. The standard InChI is InChI=1S/C9H8F3NO2/c10-9(11,12)8-2-1-5-6(13-8)3-15-4-7(5)14/h1-2,7,14H,3-4H2. The number of aliphatic hydroxyl groups excluding tert-OH is 1. The highest BCUT2D eigenvalue weighted by molar-refractivity contribution is 5.27. The molecular weight excluding hydrogens is 211 g/mol. The van der Waals surface area contributed by atoms with E-state index in [9.17, 15) is 18.3 Å². The van der Waals surface area contributed by atoms with Crippen molar-refractivity contribution in [2.75, 3.05) is 6.61 Å². The van der Waals surface area contributed by atoms with Crippen molar-refractivity contribution in [3.63, 3.8) is 0 Å². The summed E-state index contributed by atoms with van der Waals surface area (Å²) in [6, 6.07) is 2.12. The highest BCUT2D eigenvalue weighted by Crippen LogP contribution is 2.31. The summed E-state index contributed by atoms with van der Waals surface area (Å²) in [5, 5.41) is 9.41. The summed E-state index contributed by atoms with van der Waals surface area (Å²) < 4.78 is 41.8. The Morgan fingerprint density at radius 1 is 1.40 bits per heavy atom. The summed E-state index contributed by atoms with van der Waals surface area (Å²) >= 11 is 0. The van der Waals surface area contributed by atoms with Crippen LogP contribution in [0.4, 0.5) is 13.2 Å². The minimum Gasteiger partial charge on any atom is -0.386 e. The number of aromatic nitrogens is 1. The summed E-state index contributed by atoms with van der Waals surface area (Å²) in [6.07, 6.45) is -5.35. The third-order valence-electron chi connectivity index (χ3n) is 2.17. The van der Waals surface area contributed by atoms with Gasteiger partial charge in [-0.1, -0.05) is 6.07 Å². The maximum Gasteiger partial charge on any atom is 0.433 e. The van der Waals surface area contributed by atoms with Crippen LogP contribution in [0, 0.1) is 0 Å². The van der Waals surface area contributed by atoms with E-state index in [-0.39, 0.29) is 18.9 Å². The van der Waals surface area contributed by atoms with Gasteiger partial charge in [0.05, 0.1) is 18.9 Å². The Labute approximate surface area is 83.5 Å². The van der Waals surface area contributed by atoms with E-state index in [0.717, 1.165) is 6.07 Å². The SMILES string of the molecule is OC1COCc2nc(C(F)(F)F)ccc21. The number of nitrogens with zero attached hydrogens (tertiary/aromatic N) is 1. The second-order valence-electron chi connectivity index (χ2n) is 3.26. The Morgan fingerprint density at radius 3 is 2.80 bits per heavy atom. The molecule has 1 aromatic heterocycles. The molecule has 6 heteroatoms. The average Bonchev–Trinajstić information content (AvgIpc) is 2.16. The molecule has 82 valence electrons. The molecule has 0 aromatic carbocycles. The molecule has 3 nitrogen and oxygen atoms in total. The van der Waals surface area contributed by atoms with Crippen LogP contribution in [0.5, 0.6) is 0 Å². The Bertz CT molecular complexity index is 378. The molecule has 0 bridgehead atoms. The van der Waals surface area contributed by atoms with Crippen LogP contribution in [-0.4, -0.2) is 16.7 Å². The molecule has 1 aliphatic rings. The van der Waals surface area contributed by atoms with Gasteiger partial charge in [-0.25, -0.2) is 4.98 Å². The fourth-order valence-corrected chi connectivity index (χ4v) is 1.45. The van der Waals surface area contributed by atoms with E-state index in [4.69, 9.17) is 4.74 Å². The quantitative estimate of drug-likeness (QED) is 0.721. The number of halogens is 3. The third kappa shape index (κ3) is 1.95. The zero-order valence-corrected chi connectivity index (χ0v) is 7.58. The van der Waals surface area contributed by atoms with E-state index in [1.54, 1.807) is 0 Å². The van der Waals surface area contributed by atoms with Gasteiger partial charge in [0.1, 0.15) is 11.8 Å². The minimum absolute atomic E-state index is 0.0102. The maximum absolute atomic E-state index is 12.3. The molecule has 0 aliphatic carbocycles. The Morgan fingerprint density at radius 2 is 2.13 bits per heavy atom. The molecule has 2 rings (SSSR count). The first-order valence-electron chi connectivity index (χ1n) is 4.31. The Balaban J connectivity index is 2.42. The van der Waals surface area contributed by atoms with Crippen molar-refractivity contribution in [1.29, 1.82) is 0 Å². The molecule has 0 saturated carbocycles. The Hall–Kier alpha value is -1.14. The molecular formula is C9H8F3NO2. The summed E-state index contributed by atoms with van der Waals surface area (Å²) in [4.78, 5) is 3.42. The van der Waals surface area contributed by atoms with Crippen molar-refractivity contribution in [3.05, 3.63) is 29.1 Å². The van der Waals surface area contributed by atoms with E-state index in [2.05, 4.69) is 4.98 Å². The van der Waals surface area contributed by atoms with Crippen molar-refractivity contribution < 1.29 is 23.0 Å². The zero-order valence-electron chi connectivity index (χ0n) is 7.58. The topological polar surface area (TPSA) is 42.4 Å². The van der Waals surface area contributed by atoms with E-state index in [0.29, 0.717) is 5.56 Å². The van der Waals surface area contributed by atoms with Gasteiger partial charge >= 0.3 is 6.18 Å². The lowest BCUT2D eigenvalue weighted by Crippen LogP contribution is -2.20. The lowest BCUT2D eigenvalue weighted by molar-refractivity contribution is -0.141. The molecule has 0 fully saturated rings. The number of alkyl halides is 3. The van der Waals surface area contributed by atoms with Crippen molar-refractivity contribution in [2.24, 2.45) is 0 Å². The van der Waals surface area contributed by atoms with Crippen LogP contribution in [0.2, 0.25) is 0 Å². The Kier molecular flexibility index (Phi) is 2.40. The summed E-state index contributed by atoms with van der Waals surface area (Å²) in [7, 11) is 0. The molecule has 0 saturated heterocycles. The van der Waals surface area contributed by atoms with Crippen molar-refractivity contribution in [1.82, 2.24) is 4.98 Å². The van der Waals surface area contributed by atoms with Crippen LogP contribution in [0.25, 0.3) is 0 Å². The van der Waals surface area contributed by atoms with Crippen LogP contribution < -0.4 is 0 Å². The summed E-state index contributed by atoms with van der Waals surface area (Å²) in [6.45, 7) is 0.107. The lowest BCUT2D eigenvalue weighted by Gasteiger charge is -2.21. The summed E-state index contributed by atoms with van der Waals surface area (Å²) in [5.74, 6) is 0. The molecule has 0 amide bonds. The summed E-state index contributed by atoms with van der Waals surface area (Å²) in [5.41, 5.74) is -0.392. The van der Waals surface area contributed by atoms with Gasteiger partial charge in [-0.05, 0) is 6.07 Å². The van der Waals surface area contributed by atoms with Crippen LogP contribution in [-0.2, 0) is 17.5 Å². The largest absolute Gasteiger partial charge is 0.433 e. The van der Waals surface area contributed by atoms with Gasteiger partial charge in [0.2, 0.25) is 0 Å². The normalized spacial score (nSPS) is 21.2. The van der Waals surface area contributed by atoms with Gasteiger partial charge in [0, 0.05) is 5.56 Å². The van der Waals surface area contributed by atoms with Gasteiger partial charge < -0.3 is 9.84 Å². The monoisotopic (exact) mass is 219 g/mol. The van der Waals surface area contributed by atoms with Crippen LogP contribution in [0.1, 0.15) is 23.1 Å². The zero-order chi connectivity index (χ0) is 11.1. The fourth-order valence-electron chi connectivity index (χ4n) is 1.45. The highest BCUT2D eigenvalue weighted by atomic mass is 19.4. The first-order chi connectivity index (χ1) is 6.98. The molecule has 2 heterocycles. The van der Waals surface area contributed by atoms with E-state index in [1.807, 2.05) is 0 Å². The van der Waals surface area contributed by atoms with Gasteiger partial charge in [-0.3, -0.25) is 0 Å². The molecule has 1 N–H and O–H groups in total. The smallest absolute Gasteiger partial charge is 0.386 e. The first-order valence-corrected chi connectivity index (χ1v) is 4.31. The van der Waals surface area contributed by atoms with Gasteiger partial charge in [-0.2, -0.15) is 13.2 Å². The van der Waals surface area contributed by atoms with Crippen molar-refractivity contribution in [3.8, 4) is 0 Å². The van der Waals surface area contributed by atoms with Crippen molar-refractivity contribution >= 4 is 0 Å². The van der Waals surface area contributed by atoms with Crippen LogP contribution in [0.15, 0.2) is 12.1 Å². The maximum atomic E-state index is 12.3. The van der Waals surface area contributed by atoms with E-state index < -0.39 is 18.0 Å². The number of fused-ring (bicyclic) bond motifs is 1. The van der Waals surface area contributed by atoms with Crippen LogP contribution in [0.3, 0.4) is 0 Å². The third-order valence-corrected chi connectivity index (χ3v) is 2.17. The number of hydrogen-bond acceptors (Lipinski definition) is 3. The predicted octanol–water partition coefficient (Wildman–Crippen LogP) is 1.66. The number of rotatable bonds is 0. The fraction of sp³-hybridized carbons (Fsp3) is 0.444. The molecule has 0 spiro atoms. The minimum atomic E-state index is -4.46. The van der Waals surface area contributed by atoms with E-state index in [1.165, 1.54) is 6.07 Å².